The summed E-state index contributed by atoms with van der Waals surface area (Å²) in [7, 11) is 1.69. The number of ether oxygens (including phenoxy) is 1. The average Bonchev–Trinajstić information content (AvgIpc) is 2.87. The monoisotopic (exact) mass is 404 g/mol. The molecule has 0 unspecified atom stereocenters. The number of benzene rings is 1. The van der Waals surface area contributed by atoms with Crippen LogP contribution in [0.15, 0.2) is 32.7 Å². The van der Waals surface area contributed by atoms with E-state index in [-0.39, 0.29) is 0 Å². The van der Waals surface area contributed by atoms with Gasteiger partial charge < -0.3 is 10.1 Å². The Morgan fingerprint density at radius 2 is 2.21 bits per heavy atom. The van der Waals surface area contributed by atoms with Gasteiger partial charge in [0, 0.05) is 41.1 Å². The van der Waals surface area contributed by atoms with Gasteiger partial charge in [-0.3, -0.25) is 0 Å². The molecular formula is C13H14Br2N2OS. The third-order valence-electron chi connectivity index (χ3n) is 2.60. The van der Waals surface area contributed by atoms with E-state index in [1.807, 2.05) is 17.6 Å². The van der Waals surface area contributed by atoms with Crippen molar-refractivity contribution in [2.45, 2.75) is 13.0 Å². The van der Waals surface area contributed by atoms with Crippen molar-refractivity contribution in [2.24, 2.45) is 0 Å². The summed E-state index contributed by atoms with van der Waals surface area (Å²) < 4.78 is 7.41. The largest absolute Gasteiger partial charge is 0.495 e. The molecule has 2 aromatic rings. The Hall–Kier alpha value is -0.430. The lowest BCUT2D eigenvalue weighted by Gasteiger charge is -2.12. The van der Waals surface area contributed by atoms with Crippen molar-refractivity contribution in [3.05, 3.63) is 43.2 Å². The molecule has 0 saturated carbocycles. The number of thiazole rings is 1. The van der Waals surface area contributed by atoms with Crippen molar-refractivity contribution in [3.8, 4) is 5.75 Å². The van der Waals surface area contributed by atoms with Crippen LogP contribution in [0.1, 0.15) is 10.6 Å². The average molecular weight is 406 g/mol. The van der Waals surface area contributed by atoms with Crippen molar-refractivity contribution in [1.29, 1.82) is 0 Å². The summed E-state index contributed by atoms with van der Waals surface area (Å²) in [4.78, 5) is 4.26. The van der Waals surface area contributed by atoms with E-state index in [2.05, 4.69) is 48.2 Å². The molecule has 0 aliphatic heterocycles. The Morgan fingerprint density at radius 3 is 2.89 bits per heavy atom. The Balaban J connectivity index is 1.92. The maximum absolute atomic E-state index is 5.42. The first kappa shape index (κ1) is 15.0. The third-order valence-corrected chi connectivity index (χ3v) is 4.49. The van der Waals surface area contributed by atoms with Crippen LogP contribution in [0, 0.1) is 0 Å². The highest BCUT2D eigenvalue weighted by Gasteiger charge is 2.08. The minimum Gasteiger partial charge on any atom is -0.495 e. The second-order valence-electron chi connectivity index (χ2n) is 3.93. The summed E-state index contributed by atoms with van der Waals surface area (Å²) in [6.07, 6.45) is 2.80. The van der Waals surface area contributed by atoms with Crippen molar-refractivity contribution in [3.63, 3.8) is 0 Å². The molecule has 0 saturated heterocycles. The first-order chi connectivity index (χ1) is 9.20. The molecule has 2 rings (SSSR count). The fourth-order valence-electron chi connectivity index (χ4n) is 1.77. The van der Waals surface area contributed by atoms with Crippen LogP contribution in [-0.4, -0.2) is 18.6 Å². The number of halogens is 2. The van der Waals surface area contributed by atoms with Gasteiger partial charge >= 0.3 is 0 Å². The molecule has 0 aliphatic rings. The van der Waals surface area contributed by atoms with E-state index >= 15 is 0 Å². The van der Waals surface area contributed by atoms with Gasteiger partial charge in [-0.05, 0) is 28.1 Å². The normalized spacial score (nSPS) is 10.7. The van der Waals surface area contributed by atoms with Crippen LogP contribution in [0.2, 0.25) is 0 Å². The smallest absolute Gasteiger partial charge is 0.137 e. The standard InChI is InChI=1S/C13H14Br2N2OS/c1-18-13-9(6-10(14)7-11(13)15)8-16-3-2-12-17-4-5-19-12/h4-7,16H,2-3,8H2,1H3. The number of nitrogens with zero attached hydrogens (tertiary/aromatic N) is 1. The lowest BCUT2D eigenvalue weighted by Crippen LogP contribution is -2.17. The lowest BCUT2D eigenvalue weighted by molar-refractivity contribution is 0.405. The Labute approximate surface area is 133 Å². The van der Waals surface area contributed by atoms with Crippen LogP contribution in [-0.2, 0) is 13.0 Å². The maximum atomic E-state index is 5.42. The first-order valence-corrected chi connectivity index (χ1v) is 8.28. The molecule has 102 valence electrons. The number of hydrogen-bond acceptors (Lipinski definition) is 4. The molecule has 0 aliphatic carbocycles. The second kappa shape index (κ2) is 7.38. The number of nitrogens with one attached hydrogen (secondary N) is 1. The molecule has 3 nitrogen and oxygen atoms in total. The van der Waals surface area contributed by atoms with Gasteiger partial charge in [0.25, 0.3) is 0 Å². The highest BCUT2D eigenvalue weighted by atomic mass is 79.9. The highest BCUT2D eigenvalue weighted by molar-refractivity contribution is 9.11. The second-order valence-corrected chi connectivity index (χ2v) is 6.68. The molecule has 0 atom stereocenters. The van der Waals surface area contributed by atoms with Crippen LogP contribution < -0.4 is 10.1 Å². The minimum absolute atomic E-state index is 0.770. The summed E-state index contributed by atoms with van der Waals surface area (Å²) in [5.74, 6) is 0.880. The van der Waals surface area contributed by atoms with Gasteiger partial charge in [-0.25, -0.2) is 4.98 Å². The van der Waals surface area contributed by atoms with Gasteiger partial charge in [-0.1, -0.05) is 15.9 Å². The zero-order chi connectivity index (χ0) is 13.7. The fraction of sp³-hybridized carbons (Fsp3) is 0.308. The summed E-state index contributed by atoms with van der Waals surface area (Å²) in [5, 5.41) is 6.58. The van der Waals surface area contributed by atoms with Crippen LogP contribution in [0.25, 0.3) is 0 Å². The maximum Gasteiger partial charge on any atom is 0.137 e. The SMILES string of the molecule is COc1c(Br)cc(Br)cc1CNCCc1nccs1. The molecule has 1 aromatic carbocycles. The predicted octanol–water partition coefficient (Wildman–Crippen LogP) is 4.01. The zero-order valence-electron chi connectivity index (χ0n) is 10.5. The van der Waals surface area contributed by atoms with E-state index in [1.54, 1.807) is 18.4 Å². The molecule has 0 spiro atoms. The summed E-state index contributed by atoms with van der Waals surface area (Å²) in [6, 6.07) is 4.05. The van der Waals surface area contributed by atoms with Crippen molar-refractivity contribution in [2.75, 3.05) is 13.7 Å². The Morgan fingerprint density at radius 1 is 1.37 bits per heavy atom. The van der Waals surface area contributed by atoms with Crippen LogP contribution >= 0.6 is 43.2 Å². The number of methoxy groups -OCH3 is 1. The van der Waals surface area contributed by atoms with E-state index < -0.39 is 0 Å². The van der Waals surface area contributed by atoms with Gasteiger partial charge in [0.1, 0.15) is 5.75 Å². The van der Waals surface area contributed by atoms with E-state index in [9.17, 15) is 0 Å². The van der Waals surface area contributed by atoms with Gasteiger partial charge in [0.05, 0.1) is 16.6 Å². The first-order valence-electron chi connectivity index (χ1n) is 5.81. The van der Waals surface area contributed by atoms with Gasteiger partial charge in [-0.2, -0.15) is 0 Å². The van der Waals surface area contributed by atoms with Crippen LogP contribution in [0.3, 0.4) is 0 Å². The molecule has 1 N–H and O–H groups in total. The van der Waals surface area contributed by atoms with Crippen molar-refractivity contribution in [1.82, 2.24) is 10.3 Å². The summed E-state index contributed by atoms with van der Waals surface area (Å²) in [5.41, 5.74) is 1.13. The molecular weight excluding hydrogens is 392 g/mol. The van der Waals surface area contributed by atoms with Gasteiger partial charge in [0.2, 0.25) is 0 Å². The van der Waals surface area contributed by atoms with Crippen LogP contribution in [0.5, 0.6) is 5.75 Å². The van der Waals surface area contributed by atoms with Crippen molar-refractivity contribution < 1.29 is 4.74 Å². The molecule has 0 amide bonds. The van der Waals surface area contributed by atoms with Crippen molar-refractivity contribution >= 4 is 43.2 Å². The van der Waals surface area contributed by atoms with E-state index in [1.165, 1.54) is 0 Å². The number of hydrogen-bond donors (Lipinski definition) is 1. The topological polar surface area (TPSA) is 34.1 Å². The fourth-order valence-corrected chi connectivity index (χ4v) is 3.86. The molecule has 1 heterocycles. The molecule has 0 bridgehead atoms. The predicted molar refractivity (Wildman–Crippen MR) is 85.9 cm³/mol. The highest BCUT2D eigenvalue weighted by Crippen LogP contribution is 2.32. The van der Waals surface area contributed by atoms with E-state index in [0.29, 0.717) is 0 Å². The molecule has 1 aromatic heterocycles. The third kappa shape index (κ3) is 4.27. The minimum atomic E-state index is 0.770. The Kier molecular flexibility index (Phi) is 5.81. The van der Waals surface area contributed by atoms with E-state index in [4.69, 9.17) is 4.74 Å². The van der Waals surface area contributed by atoms with Crippen LogP contribution in [0.4, 0.5) is 0 Å². The van der Waals surface area contributed by atoms with E-state index in [0.717, 1.165) is 44.8 Å². The molecule has 0 radical (unpaired) electrons. The number of rotatable bonds is 6. The summed E-state index contributed by atoms with van der Waals surface area (Å²) in [6.45, 7) is 1.67. The lowest BCUT2D eigenvalue weighted by atomic mass is 10.2. The quantitative estimate of drug-likeness (QED) is 0.737. The zero-order valence-corrected chi connectivity index (χ0v) is 14.4. The molecule has 6 heteroatoms. The summed E-state index contributed by atoms with van der Waals surface area (Å²) >= 11 is 8.69. The molecule has 0 fully saturated rings. The van der Waals surface area contributed by atoms with Gasteiger partial charge in [0.15, 0.2) is 0 Å². The Bertz CT molecular complexity index is 532. The van der Waals surface area contributed by atoms with Gasteiger partial charge in [-0.15, -0.1) is 11.3 Å². The molecule has 19 heavy (non-hydrogen) atoms. The number of aromatic nitrogens is 1.